The Hall–Kier alpha value is -2.10. The van der Waals surface area contributed by atoms with Gasteiger partial charge in [0, 0.05) is 37.0 Å². The van der Waals surface area contributed by atoms with Crippen LogP contribution in [-0.2, 0) is 13.1 Å². The molecule has 0 fully saturated rings. The standard InChI is InChI=1S/C15H17N3O/c1-4-18-10(2)14(8-16-18)11-5-6-13-12(7-11)9-17(3)15(13)19/h5-8H,4,9H2,1-3H3. The zero-order valence-corrected chi connectivity index (χ0v) is 11.5. The van der Waals surface area contributed by atoms with E-state index in [1.165, 1.54) is 5.69 Å². The van der Waals surface area contributed by atoms with Gasteiger partial charge in [-0.1, -0.05) is 6.07 Å². The van der Waals surface area contributed by atoms with Gasteiger partial charge in [0.2, 0.25) is 0 Å². The maximum Gasteiger partial charge on any atom is 0.254 e. The molecule has 1 aromatic carbocycles. The molecule has 4 heteroatoms. The van der Waals surface area contributed by atoms with Crippen molar-refractivity contribution in [1.29, 1.82) is 0 Å². The van der Waals surface area contributed by atoms with Crippen LogP contribution < -0.4 is 0 Å². The summed E-state index contributed by atoms with van der Waals surface area (Å²) in [4.78, 5) is 13.6. The van der Waals surface area contributed by atoms with Crippen LogP contribution in [0.2, 0.25) is 0 Å². The Bertz CT molecular complexity index is 657. The normalized spacial score (nSPS) is 14.1. The van der Waals surface area contributed by atoms with Crippen LogP contribution in [0.15, 0.2) is 24.4 Å². The molecule has 1 amide bonds. The van der Waals surface area contributed by atoms with Crippen LogP contribution in [0.3, 0.4) is 0 Å². The van der Waals surface area contributed by atoms with Crippen molar-refractivity contribution in [1.82, 2.24) is 14.7 Å². The highest BCUT2D eigenvalue weighted by Gasteiger charge is 2.24. The minimum absolute atomic E-state index is 0.113. The zero-order valence-electron chi connectivity index (χ0n) is 11.5. The number of fused-ring (bicyclic) bond motifs is 1. The van der Waals surface area contributed by atoms with Gasteiger partial charge in [-0.25, -0.2) is 0 Å². The van der Waals surface area contributed by atoms with Crippen LogP contribution in [0, 0.1) is 6.92 Å². The van der Waals surface area contributed by atoms with Crippen molar-refractivity contribution < 1.29 is 4.79 Å². The molecule has 1 aromatic heterocycles. The molecule has 1 aliphatic rings. The summed E-state index contributed by atoms with van der Waals surface area (Å²) in [5.74, 6) is 0.113. The summed E-state index contributed by atoms with van der Waals surface area (Å²) in [6.45, 7) is 5.73. The molecule has 19 heavy (non-hydrogen) atoms. The van der Waals surface area contributed by atoms with E-state index in [2.05, 4.69) is 25.0 Å². The monoisotopic (exact) mass is 255 g/mol. The molecule has 2 aromatic rings. The zero-order chi connectivity index (χ0) is 13.6. The average Bonchev–Trinajstić information content (AvgIpc) is 2.91. The summed E-state index contributed by atoms with van der Waals surface area (Å²) in [6, 6.07) is 6.06. The molecule has 0 aliphatic carbocycles. The second-order valence-corrected chi connectivity index (χ2v) is 4.99. The predicted octanol–water partition coefficient (Wildman–Crippen LogP) is 2.46. The molecule has 0 N–H and O–H groups in total. The number of hydrogen-bond donors (Lipinski definition) is 0. The Morgan fingerprint density at radius 3 is 2.79 bits per heavy atom. The smallest absolute Gasteiger partial charge is 0.254 e. The van der Waals surface area contributed by atoms with Crippen molar-refractivity contribution in [2.75, 3.05) is 7.05 Å². The number of nitrogens with zero attached hydrogens (tertiary/aromatic N) is 3. The van der Waals surface area contributed by atoms with Crippen LogP contribution in [0.4, 0.5) is 0 Å². The van der Waals surface area contributed by atoms with Gasteiger partial charge in [-0.3, -0.25) is 9.48 Å². The van der Waals surface area contributed by atoms with Crippen LogP contribution in [0.25, 0.3) is 11.1 Å². The Morgan fingerprint density at radius 2 is 2.11 bits per heavy atom. The van der Waals surface area contributed by atoms with Gasteiger partial charge in [0.15, 0.2) is 0 Å². The molecule has 4 nitrogen and oxygen atoms in total. The summed E-state index contributed by atoms with van der Waals surface area (Å²) in [7, 11) is 1.84. The van der Waals surface area contributed by atoms with E-state index < -0.39 is 0 Å². The molecule has 98 valence electrons. The number of amides is 1. The SMILES string of the molecule is CCn1ncc(-c2ccc3c(c2)CN(C)C3=O)c1C. The second-order valence-electron chi connectivity index (χ2n) is 4.99. The van der Waals surface area contributed by atoms with Crippen molar-refractivity contribution in [3.05, 3.63) is 41.2 Å². The number of carbonyl (C=O) groups excluding carboxylic acids is 1. The van der Waals surface area contributed by atoms with E-state index >= 15 is 0 Å². The van der Waals surface area contributed by atoms with Crippen molar-refractivity contribution in [3.63, 3.8) is 0 Å². The highest BCUT2D eigenvalue weighted by atomic mass is 16.2. The van der Waals surface area contributed by atoms with Crippen LogP contribution in [0.5, 0.6) is 0 Å². The lowest BCUT2D eigenvalue weighted by Crippen LogP contribution is -2.17. The van der Waals surface area contributed by atoms with Crippen LogP contribution in [0.1, 0.15) is 28.5 Å². The minimum atomic E-state index is 0.113. The number of rotatable bonds is 2. The first-order valence-electron chi connectivity index (χ1n) is 6.53. The van der Waals surface area contributed by atoms with Gasteiger partial charge in [-0.2, -0.15) is 5.10 Å². The molecule has 0 spiro atoms. The lowest BCUT2D eigenvalue weighted by molar-refractivity contribution is 0.0816. The van der Waals surface area contributed by atoms with Crippen LogP contribution >= 0.6 is 0 Å². The number of aromatic nitrogens is 2. The third-order valence-corrected chi connectivity index (χ3v) is 3.80. The maximum atomic E-state index is 11.9. The Morgan fingerprint density at radius 1 is 1.32 bits per heavy atom. The Balaban J connectivity index is 2.06. The van der Waals surface area contributed by atoms with E-state index in [9.17, 15) is 4.79 Å². The molecule has 3 rings (SSSR count). The van der Waals surface area contributed by atoms with Crippen molar-refractivity contribution in [2.24, 2.45) is 0 Å². The molecule has 0 atom stereocenters. The van der Waals surface area contributed by atoms with Gasteiger partial charge in [0.25, 0.3) is 5.91 Å². The number of carbonyl (C=O) groups is 1. The highest BCUT2D eigenvalue weighted by molar-refractivity contribution is 5.98. The van der Waals surface area contributed by atoms with Crippen LogP contribution in [-0.4, -0.2) is 27.6 Å². The first-order chi connectivity index (χ1) is 9.11. The van der Waals surface area contributed by atoms with E-state index in [1.54, 1.807) is 4.90 Å². The molecule has 0 radical (unpaired) electrons. The third-order valence-electron chi connectivity index (χ3n) is 3.80. The first-order valence-corrected chi connectivity index (χ1v) is 6.53. The Labute approximate surface area is 112 Å². The first kappa shape index (κ1) is 12.0. The Kier molecular flexibility index (Phi) is 2.66. The lowest BCUT2D eigenvalue weighted by Gasteiger charge is -2.05. The summed E-state index contributed by atoms with van der Waals surface area (Å²) in [5, 5.41) is 4.37. The van der Waals surface area contributed by atoms with E-state index in [-0.39, 0.29) is 5.91 Å². The van der Waals surface area contributed by atoms with Gasteiger partial charge < -0.3 is 4.90 Å². The van der Waals surface area contributed by atoms with E-state index in [0.29, 0.717) is 6.54 Å². The average molecular weight is 255 g/mol. The minimum Gasteiger partial charge on any atom is -0.337 e. The molecule has 0 saturated heterocycles. The van der Waals surface area contributed by atoms with E-state index in [1.807, 2.05) is 30.1 Å². The van der Waals surface area contributed by atoms with Crippen molar-refractivity contribution >= 4 is 5.91 Å². The predicted molar refractivity (Wildman–Crippen MR) is 73.9 cm³/mol. The molecular formula is C15H17N3O. The fourth-order valence-electron chi connectivity index (χ4n) is 2.68. The summed E-state index contributed by atoms with van der Waals surface area (Å²) < 4.78 is 1.99. The fourth-order valence-corrected chi connectivity index (χ4v) is 2.68. The summed E-state index contributed by atoms with van der Waals surface area (Å²) >= 11 is 0. The van der Waals surface area contributed by atoms with Gasteiger partial charge in [0.1, 0.15) is 0 Å². The number of aryl methyl sites for hydroxylation is 1. The highest BCUT2D eigenvalue weighted by Crippen LogP contribution is 2.29. The molecule has 0 bridgehead atoms. The number of benzene rings is 1. The third kappa shape index (κ3) is 1.75. The van der Waals surface area contributed by atoms with Crippen molar-refractivity contribution in [3.8, 4) is 11.1 Å². The topological polar surface area (TPSA) is 38.1 Å². The maximum absolute atomic E-state index is 11.9. The van der Waals surface area contributed by atoms with E-state index in [4.69, 9.17) is 0 Å². The van der Waals surface area contributed by atoms with E-state index in [0.717, 1.165) is 28.8 Å². The van der Waals surface area contributed by atoms with Gasteiger partial charge in [-0.05, 0) is 37.1 Å². The van der Waals surface area contributed by atoms with Gasteiger partial charge in [-0.15, -0.1) is 0 Å². The molecule has 2 heterocycles. The van der Waals surface area contributed by atoms with Gasteiger partial charge >= 0.3 is 0 Å². The fraction of sp³-hybridized carbons (Fsp3) is 0.333. The molecule has 0 unspecified atom stereocenters. The quantitative estimate of drug-likeness (QED) is 0.826. The summed E-state index contributed by atoms with van der Waals surface area (Å²) in [6.07, 6.45) is 1.90. The second kappa shape index (κ2) is 4.23. The largest absolute Gasteiger partial charge is 0.337 e. The van der Waals surface area contributed by atoms with Crippen molar-refractivity contribution in [2.45, 2.75) is 26.9 Å². The summed E-state index contributed by atoms with van der Waals surface area (Å²) in [5.41, 5.74) is 5.38. The van der Waals surface area contributed by atoms with Gasteiger partial charge in [0.05, 0.1) is 6.20 Å². The lowest BCUT2D eigenvalue weighted by atomic mass is 10.0. The molecule has 1 aliphatic heterocycles. The molecular weight excluding hydrogens is 238 g/mol. The molecule has 0 saturated carbocycles. The number of hydrogen-bond acceptors (Lipinski definition) is 2.